The van der Waals surface area contributed by atoms with Gasteiger partial charge in [-0.15, -0.1) is 0 Å². The van der Waals surface area contributed by atoms with Crippen LogP contribution >= 0.6 is 0 Å². The van der Waals surface area contributed by atoms with Crippen molar-refractivity contribution in [1.29, 1.82) is 0 Å². The highest BCUT2D eigenvalue weighted by atomic mass is 15.3. The lowest BCUT2D eigenvalue weighted by atomic mass is 9.89. The zero-order valence-corrected chi connectivity index (χ0v) is 31.2. The number of hydrogen-bond acceptors (Lipinski definition) is 2. The monoisotopic (exact) mass is 688 g/mol. The molecule has 0 aliphatic carbocycles. The molecule has 0 fully saturated rings. The summed E-state index contributed by atoms with van der Waals surface area (Å²) in [6.45, 7) is 11.1. The molecule has 0 bridgehead atoms. The lowest BCUT2D eigenvalue weighted by Gasteiger charge is -2.37. The van der Waals surface area contributed by atoms with Crippen LogP contribution in [0.25, 0.3) is 50.6 Å². The molecule has 7 aromatic carbocycles. The Kier molecular flexibility index (Phi) is 10.9. The van der Waals surface area contributed by atoms with E-state index in [1.54, 1.807) is 0 Å². The molecule has 0 aromatic heterocycles. The predicted octanol–water partition coefficient (Wildman–Crippen LogP) is 13.3. The van der Waals surface area contributed by atoms with Gasteiger partial charge in [0.2, 0.25) is 0 Å². The molecular formula is C51H48N2. The molecule has 7 rings (SSSR count). The summed E-state index contributed by atoms with van der Waals surface area (Å²) in [6, 6.07) is 63.5. The SMILES string of the molecule is C=Cc1cc(-c2ccccc2)ccc1-c1cccc(C(NC(C)c2cccc(-c3ccccc3)c2)N(C)C(C)c2cccc(-c3ccccc3)c2)c1C. The quantitative estimate of drug-likeness (QED) is 0.129. The van der Waals surface area contributed by atoms with Crippen molar-refractivity contribution in [1.82, 2.24) is 10.2 Å². The van der Waals surface area contributed by atoms with Crippen molar-refractivity contribution in [3.63, 3.8) is 0 Å². The van der Waals surface area contributed by atoms with Crippen LogP contribution in [0.15, 0.2) is 183 Å². The first kappa shape index (κ1) is 35.6. The summed E-state index contributed by atoms with van der Waals surface area (Å²) >= 11 is 0. The Balaban J connectivity index is 1.28. The second-order valence-electron chi connectivity index (χ2n) is 14.0. The van der Waals surface area contributed by atoms with Crippen LogP contribution in [-0.4, -0.2) is 11.9 Å². The van der Waals surface area contributed by atoms with Crippen molar-refractivity contribution in [2.24, 2.45) is 0 Å². The highest BCUT2D eigenvalue weighted by molar-refractivity contribution is 5.81. The molecule has 53 heavy (non-hydrogen) atoms. The van der Waals surface area contributed by atoms with E-state index in [9.17, 15) is 0 Å². The Morgan fingerprint density at radius 3 is 1.57 bits per heavy atom. The molecule has 3 atom stereocenters. The van der Waals surface area contributed by atoms with E-state index in [2.05, 4.69) is 221 Å². The van der Waals surface area contributed by atoms with Crippen LogP contribution in [0.4, 0.5) is 0 Å². The van der Waals surface area contributed by atoms with Crippen molar-refractivity contribution in [3.05, 3.63) is 210 Å². The second-order valence-corrected chi connectivity index (χ2v) is 14.0. The zero-order chi connectivity index (χ0) is 36.7. The third-order valence-corrected chi connectivity index (χ3v) is 10.7. The van der Waals surface area contributed by atoms with Gasteiger partial charge in [-0.1, -0.05) is 170 Å². The standard InChI is InChI=1S/C51H48N2/c1-6-39-33-47(42-23-14-9-15-24-42)31-32-50(39)48-29-18-30-49(36(48)2)51(52-37(3)43-25-16-27-45(34-43)40-19-10-7-11-20-40)53(5)38(4)44-26-17-28-46(35-44)41-21-12-8-13-22-41/h6-35,37-38,51-52H,1H2,2-5H3. The number of hydrogen-bond donors (Lipinski definition) is 1. The molecule has 2 heteroatoms. The number of nitrogens with zero attached hydrogens (tertiary/aromatic N) is 1. The molecule has 1 N–H and O–H groups in total. The predicted molar refractivity (Wildman–Crippen MR) is 226 cm³/mol. The molecule has 7 aromatic rings. The van der Waals surface area contributed by atoms with Gasteiger partial charge in [0, 0.05) is 12.1 Å². The average Bonchev–Trinajstić information content (AvgIpc) is 3.23. The Hall–Kier alpha value is -5.80. The normalized spacial score (nSPS) is 13.0. The van der Waals surface area contributed by atoms with Crippen LogP contribution in [0.5, 0.6) is 0 Å². The molecule has 0 aliphatic rings. The smallest absolute Gasteiger partial charge is 0.0870 e. The van der Waals surface area contributed by atoms with E-state index in [4.69, 9.17) is 0 Å². The third-order valence-electron chi connectivity index (χ3n) is 10.7. The van der Waals surface area contributed by atoms with E-state index in [-0.39, 0.29) is 18.2 Å². The first-order valence-electron chi connectivity index (χ1n) is 18.6. The van der Waals surface area contributed by atoms with Crippen LogP contribution in [0.3, 0.4) is 0 Å². The largest absolute Gasteiger partial charge is 0.291 e. The fourth-order valence-corrected chi connectivity index (χ4v) is 7.47. The minimum Gasteiger partial charge on any atom is -0.291 e. The fraction of sp³-hybridized carbons (Fsp3) is 0.137. The molecule has 0 heterocycles. The van der Waals surface area contributed by atoms with E-state index in [0.717, 1.165) is 5.56 Å². The summed E-state index contributed by atoms with van der Waals surface area (Å²) in [4.78, 5) is 2.49. The van der Waals surface area contributed by atoms with E-state index in [1.807, 2.05) is 6.08 Å². The first-order chi connectivity index (χ1) is 25.9. The first-order valence-corrected chi connectivity index (χ1v) is 18.6. The third kappa shape index (κ3) is 7.85. The van der Waals surface area contributed by atoms with E-state index in [1.165, 1.54) is 66.8 Å². The van der Waals surface area contributed by atoms with Gasteiger partial charge in [-0.05, 0) is 118 Å². The van der Waals surface area contributed by atoms with Gasteiger partial charge in [0.05, 0.1) is 6.17 Å². The highest BCUT2D eigenvalue weighted by Gasteiger charge is 2.27. The maximum Gasteiger partial charge on any atom is 0.0870 e. The van der Waals surface area contributed by atoms with Crippen LogP contribution in [0.2, 0.25) is 0 Å². The maximum absolute atomic E-state index is 4.23. The lowest BCUT2D eigenvalue weighted by Crippen LogP contribution is -2.39. The van der Waals surface area contributed by atoms with Crippen LogP contribution < -0.4 is 5.32 Å². The number of benzene rings is 7. The van der Waals surface area contributed by atoms with Crippen molar-refractivity contribution in [2.45, 2.75) is 39.0 Å². The Morgan fingerprint density at radius 1 is 0.509 bits per heavy atom. The summed E-state index contributed by atoms with van der Waals surface area (Å²) in [5, 5.41) is 4.11. The molecule has 0 saturated carbocycles. The summed E-state index contributed by atoms with van der Waals surface area (Å²) in [5.74, 6) is 0. The Labute approximate surface area is 316 Å². The summed E-state index contributed by atoms with van der Waals surface area (Å²) in [5.41, 5.74) is 15.9. The van der Waals surface area contributed by atoms with Gasteiger partial charge in [-0.25, -0.2) is 0 Å². The molecule has 262 valence electrons. The molecule has 0 saturated heterocycles. The van der Waals surface area contributed by atoms with Gasteiger partial charge in [-0.3, -0.25) is 10.2 Å². The van der Waals surface area contributed by atoms with Gasteiger partial charge in [0.1, 0.15) is 0 Å². The average molecular weight is 689 g/mol. The highest BCUT2D eigenvalue weighted by Crippen LogP contribution is 2.38. The minimum absolute atomic E-state index is 0.0749. The summed E-state index contributed by atoms with van der Waals surface area (Å²) in [6.07, 6.45) is 1.90. The molecule has 0 amide bonds. The number of rotatable bonds is 12. The molecule has 0 spiro atoms. The minimum atomic E-state index is -0.0866. The van der Waals surface area contributed by atoms with E-state index >= 15 is 0 Å². The summed E-state index contributed by atoms with van der Waals surface area (Å²) in [7, 11) is 2.25. The van der Waals surface area contributed by atoms with E-state index in [0.29, 0.717) is 0 Å². The Morgan fingerprint density at radius 2 is 1.00 bits per heavy atom. The van der Waals surface area contributed by atoms with E-state index < -0.39 is 0 Å². The van der Waals surface area contributed by atoms with Gasteiger partial charge in [0.25, 0.3) is 0 Å². The molecule has 2 nitrogen and oxygen atoms in total. The maximum atomic E-state index is 4.23. The summed E-state index contributed by atoms with van der Waals surface area (Å²) < 4.78 is 0. The molecule has 0 aliphatic heterocycles. The number of nitrogens with one attached hydrogen (secondary N) is 1. The van der Waals surface area contributed by atoms with Crippen molar-refractivity contribution < 1.29 is 0 Å². The van der Waals surface area contributed by atoms with Gasteiger partial charge in [0.15, 0.2) is 0 Å². The van der Waals surface area contributed by atoms with Crippen molar-refractivity contribution in [3.8, 4) is 44.5 Å². The van der Waals surface area contributed by atoms with Crippen molar-refractivity contribution in [2.75, 3.05) is 7.05 Å². The Bertz CT molecular complexity index is 2290. The van der Waals surface area contributed by atoms with Crippen LogP contribution in [0, 0.1) is 6.92 Å². The van der Waals surface area contributed by atoms with Gasteiger partial charge < -0.3 is 0 Å². The fourth-order valence-electron chi connectivity index (χ4n) is 7.47. The second kappa shape index (κ2) is 16.3. The van der Waals surface area contributed by atoms with Gasteiger partial charge >= 0.3 is 0 Å². The molecule has 0 radical (unpaired) electrons. The molecular weight excluding hydrogens is 641 g/mol. The van der Waals surface area contributed by atoms with Crippen LogP contribution in [0.1, 0.15) is 59.9 Å². The lowest BCUT2D eigenvalue weighted by molar-refractivity contribution is 0.144. The van der Waals surface area contributed by atoms with Crippen molar-refractivity contribution >= 4 is 6.08 Å². The van der Waals surface area contributed by atoms with Gasteiger partial charge in [-0.2, -0.15) is 0 Å². The zero-order valence-electron chi connectivity index (χ0n) is 31.2. The molecule has 3 unspecified atom stereocenters. The van der Waals surface area contributed by atoms with Crippen LogP contribution in [-0.2, 0) is 0 Å². The topological polar surface area (TPSA) is 15.3 Å².